The van der Waals surface area contributed by atoms with Gasteiger partial charge in [-0.25, -0.2) is 0 Å². The van der Waals surface area contributed by atoms with E-state index in [1.165, 1.54) is 6.26 Å². The molecule has 100 valence electrons. The Morgan fingerprint density at radius 1 is 1.26 bits per heavy atom. The molecule has 1 aromatic carbocycles. The molecular formula is C15H15BrO3. The average Bonchev–Trinajstić information content (AvgIpc) is 2.79. The van der Waals surface area contributed by atoms with Gasteiger partial charge in [0.25, 0.3) is 0 Å². The Morgan fingerprint density at radius 2 is 1.95 bits per heavy atom. The summed E-state index contributed by atoms with van der Waals surface area (Å²) in [5, 5.41) is 0. The molecule has 0 fully saturated rings. The molecule has 0 saturated heterocycles. The summed E-state index contributed by atoms with van der Waals surface area (Å²) < 4.78 is 11.6. The van der Waals surface area contributed by atoms with Crippen LogP contribution in [0.15, 0.2) is 27.3 Å². The van der Waals surface area contributed by atoms with Crippen LogP contribution in [0, 0.1) is 20.8 Å². The minimum Gasteiger partial charge on any atom is -0.496 e. The fourth-order valence-corrected chi connectivity index (χ4v) is 2.65. The van der Waals surface area contributed by atoms with Gasteiger partial charge in [0, 0.05) is 4.47 Å². The Bertz CT molecular complexity index is 641. The van der Waals surface area contributed by atoms with Gasteiger partial charge in [-0.2, -0.15) is 0 Å². The van der Waals surface area contributed by atoms with E-state index in [9.17, 15) is 4.79 Å². The van der Waals surface area contributed by atoms with Gasteiger partial charge in [-0.1, -0.05) is 15.9 Å². The zero-order valence-electron chi connectivity index (χ0n) is 11.3. The molecule has 4 heteroatoms. The van der Waals surface area contributed by atoms with Crippen LogP contribution in [-0.2, 0) is 0 Å². The molecule has 2 rings (SSSR count). The fraction of sp³-hybridized carbons (Fsp3) is 0.267. The molecule has 0 spiro atoms. The standard InChI is InChI=1S/C15H15BrO3/c1-8-5-6-19-15(8)13(17)12-10(3)11(16)7-9(2)14(12)18-4/h5-7H,1-4H3. The maximum atomic E-state index is 12.6. The predicted octanol–water partition coefficient (Wildman–Crippen LogP) is 4.21. The van der Waals surface area contributed by atoms with Crippen molar-refractivity contribution in [3.8, 4) is 5.75 Å². The van der Waals surface area contributed by atoms with Crippen molar-refractivity contribution in [2.45, 2.75) is 20.8 Å². The monoisotopic (exact) mass is 322 g/mol. The quantitative estimate of drug-likeness (QED) is 0.795. The van der Waals surface area contributed by atoms with Crippen LogP contribution < -0.4 is 4.74 Å². The molecule has 0 atom stereocenters. The van der Waals surface area contributed by atoms with E-state index in [1.54, 1.807) is 13.2 Å². The third-order valence-electron chi connectivity index (χ3n) is 3.16. The van der Waals surface area contributed by atoms with Crippen LogP contribution in [0.3, 0.4) is 0 Å². The van der Waals surface area contributed by atoms with Crippen LogP contribution in [0.2, 0.25) is 0 Å². The van der Waals surface area contributed by atoms with Crippen molar-refractivity contribution in [1.82, 2.24) is 0 Å². The van der Waals surface area contributed by atoms with Crippen molar-refractivity contribution in [1.29, 1.82) is 0 Å². The van der Waals surface area contributed by atoms with Crippen molar-refractivity contribution in [3.63, 3.8) is 0 Å². The highest BCUT2D eigenvalue weighted by Crippen LogP contribution is 2.34. The molecule has 0 saturated carbocycles. The lowest BCUT2D eigenvalue weighted by Gasteiger charge is -2.14. The van der Waals surface area contributed by atoms with Crippen LogP contribution in [0.1, 0.15) is 32.8 Å². The summed E-state index contributed by atoms with van der Waals surface area (Å²) in [7, 11) is 1.57. The second-order valence-corrected chi connectivity index (χ2v) is 5.32. The number of ketones is 1. The molecule has 0 aliphatic heterocycles. The van der Waals surface area contributed by atoms with Crippen LogP contribution in [0.4, 0.5) is 0 Å². The summed E-state index contributed by atoms with van der Waals surface area (Å²) >= 11 is 3.47. The molecule has 0 radical (unpaired) electrons. The Morgan fingerprint density at radius 3 is 2.47 bits per heavy atom. The van der Waals surface area contributed by atoms with Gasteiger partial charge in [0.2, 0.25) is 5.78 Å². The molecule has 2 aromatic rings. The largest absolute Gasteiger partial charge is 0.496 e. The Balaban J connectivity index is 2.68. The van der Waals surface area contributed by atoms with Crippen molar-refractivity contribution < 1.29 is 13.9 Å². The van der Waals surface area contributed by atoms with Crippen LogP contribution in [0.5, 0.6) is 5.75 Å². The molecule has 0 aliphatic carbocycles. The van der Waals surface area contributed by atoms with E-state index in [0.717, 1.165) is 21.2 Å². The van der Waals surface area contributed by atoms with Crippen LogP contribution >= 0.6 is 15.9 Å². The molecule has 0 N–H and O–H groups in total. The van der Waals surface area contributed by atoms with E-state index in [0.29, 0.717) is 17.1 Å². The predicted molar refractivity (Wildman–Crippen MR) is 77.0 cm³/mol. The molecular weight excluding hydrogens is 308 g/mol. The van der Waals surface area contributed by atoms with Crippen molar-refractivity contribution >= 4 is 21.7 Å². The van der Waals surface area contributed by atoms with E-state index >= 15 is 0 Å². The summed E-state index contributed by atoms with van der Waals surface area (Å²) in [4.78, 5) is 12.6. The first-order valence-corrected chi connectivity index (χ1v) is 6.69. The number of halogens is 1. The normalized spacial score (nSPS) is 10.6. The van der Waals surface area contributed by atoms with Gasteiger partial charge < -0.3 is 9.15 Å². The van der Waals surface area contributed by atoms with E-state index in [1.807, 2.05) is 26.8 Å². The zero-order valence-corrected chi connectivity index (χ0v) is 12.9. The SMILES string of the molecule is COc1c(C)cc(Br)c(C)c1C(=O)c1occc1C. The fourth-order valence-electron chi connectivity index (χ4n) is 2.11. The molecule has 1 aromatic heterocycles. The van der Waals surface area contributed by atoms with Crippen LogP contribution in [0.25, 0.3) is 0 Å². The minimum absolute atomic E-state index is 0.152. The highest BCUT2D eigenvalue weighted by atomic mass is 79.9. The lowest BCUT2D eigenvalue weighted by atomic mass is 9.97. The van der Waals surface area contributed by atoms with Gasteiger partial charge in [-0.15, -0.1) is 0 Å². The molecule has 19 heavy (non-hydrogen) atoms. The Kier molecular flexibility index (Phi) is 3.80. The third kappa shape index (κ3) is 2.32. The van der Waals surface area contributed by atoms with E-state index < -0.39 is 0 Å². The number of methoxy groups -OCH3 is 1. The van der Waals surface area contributed by atoms with Crippen LogP contribution in [-0.4, -0.2) is 12.9 Å². The molecule has 0 aliphatic rings. The van der Waals surface area contributed by atoms with Gasteiger partial charge in [-0.05, 0) is 49.6 Å². The van der Waals surface area contributed by atoms with Crippen molar-refractivity contribution in [2.24, 2.45) is 0 Å². The zero-order chi connectivity index (χ0) is 14.2. The summed E-state index contributed by atoms with van der Waals surface area (Å²) in [5.74, 6) is 0.807. The molecule has 0 amide bonds. The number of carbonyl (C=O) groups is 1. The summed E-state index contributed by atoms with van der Waals surface area (Å²) in [6.45, 7) is 5.65. The number of hydrogen-bond acceptors (Lipinski definition) is 3. The van der Waals surface area contributed by atoms with Gasteiger partial charge in [-0.3, -0.25) is 4.79 Å². The van der Waals surface area contributed by atoms with Gasteiger partial charge in [0.15, 0.2) is 5.76 Å². The number of carbonyl (C=O) groups excluding carboxylic acids is 1. The Hall–Kier alpha value is -1.55. The second-order valence-electron chi connectivity index (χ2n) is 4.47. The lowest BCUT2D eigenvalue weighted by Crippen LogP contribution is -2.08. The molecule has 3 nitrogen and oxygen atoms in total. The Labute approximate surface area is 120 Å². The maximum Gasteiger partial charge on any atom is 0.232 e. The smallest absolute Gasteiger partial charge is 0.232 e. The lowest BCUT2D eigenvalue weighted by molar-refractivity contribution is 0.100. The first-order chi connectivity index (χ1) is 8.97. The van der Waals surface area contributed by atoms with Crippen molar-refractivity contribution in [2.75, 3.05) is 7.11 Å². The first-order valence-electron chi connectivity index (χ1n) is 5.89. The van der Waals surface area contributed by atoms with Gasteiger partial charge >= 0.3 is 0 Å². The second kappa shape index (κ2) is 5.21. The number of hydrogen-bond donors (Lipinski definition) is 0. The summed E-state index contributed by atoms with van der Waals surface area (Å²) in [5.41, 5.74) is 3.13. The van der Waals surface area contributed by atoms with E-state index in [2.05, 4.69) is 15.9 Å². The summed E-state index contributed by atoms with van der Waals surface area (Å²) in [6, 6.07) is 3.72. The molecule has 0 unspecified atom stereocenters. The van der Waals surface area contributed by atoms with Gasteiger partial charge in [0.1, 0.15) is 5.75 Å². The number of ether oxygens (including phenoxy) is 1. The highest BCUT2D eigenvalue weighted by Gasteiger charge is 2.24. The highest BCUT2D eigenvalue weighted by molar-refractivity contribution is 9.10. The van der Waals surface area contributed by atoms with E-state index in [-0.39, 0.29) is 5.78 Å². The average molecular weight is 323 g/mol. The first kappa shape index (κ1) is 13.9. The third-order valence-corrected chi connectivity index (χ3v) is 3.98. The van der Waals surface area contributed by atoms with Crippen molar-refractivity contribution in [3.05, 3.63) is 50.9 Å². The molecule has 0 bridgehead atoms. The number of aryl methyl sites for hydroxylation is 2. The van der Waals surface area contributed by atoms with E-state index in [4.69, 9.17) is 9.15 Å². The van der Waals surface area contributed by atoms with Gasteiger partial charge in [0.05, 0.1) is 18.9 Å². The number of rotatable bonds is 3. The summed E-state index contributed by atoms with van der Waals surface area (Å²) in [6.07, 6.45) is 1.52. The minimum atomic E-state index is -0.152. The number of furan rings is 1. The maximum absolute atomic E-state index is 12.6. The topological polar surface area (TPSA) is 39.4 Å². The number of benzene rings is 1. The molecule has 1 heterocycles.